The molecular weight excluding hydrogens is 369 g/mol. The maximum absolute atomic E-state index is 6.22. The highest BCUT2D eigenvalue weighted by Crippen LogP contribution is 2.32. The average molecular weight is 386 g/mol. The molecule has 0 bridgehead atoms. The first-order chi connectivity index (χ1) is 12.7. The molecule has 1 aliphatic rings. The van der Waals surface area contributed by atoms with Crippen LogP contribution in [0, 0.1) is 0 Å². The van der Waals surface area contributed by atoms with Crippen LogP contribution in [-0.2, 0) is 0 Å². The summed E-state index contributed by atoms with van der Waals surface area (Å²) in [6, 6.07) is 11.8. The van der Waals surface area contributed by atoms with Gasteiger partial charge in [-0.25, -0.2) is 15.0 Å². The van der Waals surface area contributed by atoms with Crippen molar-refractivity contribution in [2.75, 3.05) is 18.0 Å². The first-order valence-electron chi connectivity index (χ1n) is 8.58. The van der Waals surface area contributed by atoms with Crippen LogP contribution in [0.1, 0.15) is 19.3 Å². The van der Waals surface area contributed by atoms with Gasteiger partial charge in [0.05, 0.1) is 17.0 Å². The third-order valence-corrected chi connectivity index (χ3v) is 4.79. The van der Waals surface area contributed by atoms with Crippen LogP contribution in [0.15, 0.2) is 42.6 Å². The lowest BCUT2D eigenvalue weighted by Gasteiger charge is -2.29. The van der Waals surface area contributed by atoms with E-state index in [4.69, 9.17) is 23.2 Å². The van der Waals surface area contributed by atoms with Crippen LogP contribution in [0.5, 0.6) is 0 Å². The Hall–Kier alpha value is -2.24. The minimum absolute atomic E-state index is 0.195. The van der Waals surface area contributed by atoms with Crippen LogP contribution in [0.2, 0.25) is 10.6 Å². The molecule has 7 heteroatoms. The number of benzene rings is 1. The van der Waals surface area contributed by atoms with Crippen molar-refractivity contribution in [1.29, 1.82) is 0 Å². The molecule has 0 aliphatic carbocycles. The second kappa shape index (κ2) is 7.56. The highest BCUT2D eigenvalue weighted by atomic mass is 35.5. The van der Waals surface area contributed by atoms with E-state index in [1.54, 1.807) is 6.20 Å². The summed E-state index contributed by atoms with van der Waals surface area (Å²) in [5, 5.41) is 0.429. The lowest BCUT2D eigenvalue weighted by Crippen LogP contribution is -2.30. The number of halogens is 2. The van der Waals surface area contributed by atoms with E-state index in [-0.39, 0.29) is 10.6 Å². The van der Waals surface area contributed by atoms with Crippen LogP contribution >= 0.6 is 23.2 Å². The molecule has 3 aromatic rings. The molecule has 3 heterocycles. The Bertz CT molecular complexity index is 911. The van der Waals surface area contributed by atoms with E-state index in [1.165, 1.54) is 6.42 Å². The van der Waals surface area contributed by atoms with Crippen molar-refractivity contribution in [3.63, 3.8) is 0 Å². The van der Waals surface area contributed by atoms with Gasteiger partial charge in [-0.2, -0.15) is 4.98 Å². The van der Waals surface area contributed by atoms with Crippen LogP contribution < -0.4 is 4.90 Å². The summed E-state index contributed by atoms with van der Waals surface area (Å²) >= 11 is 12.3. The van der Waals surface area contributed by atoms with Crippen LogP contribution in [0.3, 0.4) is 0 Å². The van der Waals surface area contributed by atoms with Crippen LogP contribution in [-0.4, -0.2) is 33.0 Å². The summed E-state index contributed by atoms with van der Waals surface area (Å²) in [5.74, 6) is 0.804. The van der Waals surface area contributed by atoms with Gasteiger partial charge >= 0.3 is 0 Å². The highest BCUT2D eigenvalue weighted by Gasteiger charge is 2.20. The van der Waals surface area contributed by atoms with E-state index >= 15 is 0 Å². The van der Waals surface area contributed by atoms with Crippen molar-refractivity contribution in [3.05, 3.63) is 53.2 Å². The molecule has 5 nitrogen and oxygen atoms in total. The fraction of sp³-hybridized carbons (Fsp3) is 0.263. The Morgan fingerprint density at radius 2 is 1.54 bits per heavy atom. The summed E-state index contributed by atoms with van der Waals surface area (Å²) in [7, 11) is 0. The van der Waals surface area contributed by atoms with E-state index in [0.717, 1.165) is 48.6 Å². The number of piperidine rings is 1. The monoisotopic (exact) mass is 385 g/mol. The van der Waals surface area contributed by atoms with Crippen molar-refractivity contribution in [2.45, 2.75) is 19.3 Å². The molecule has 1 fully saturated rings. The molecule has 1 aliphatic heterocycles. The summed E-state index contributed by atoms with van der Waals surface area (Å²) in [5.41, 5.74) is 3.26. The first kappa shape index (κ1) is 17.2. The van der Waals surface area contributed by atoms with Gasteiger partial charge in [-0.05, 0) is 48.5 Å². The summed E-state index contributed by atoms with van der Waals surface area (Å²) < 4.78 is 0. The van der Waals surface area contributed by atoms with Gasteiger partial charge in [-0.15, -0.1) is 0 Å². The maximum atomic E-state index is 6.22. The number of rotatable bonds is 3. The first-order valence-corrected chi connectivity index (χ1v) is 9.34. The average Bonchev–Trinajstić information content (AvgIpc) is 2.69. The van der Waals surface area contributed by atoms with Gasteiger partial charge in [0.15, 0.2) is 0 Å². The lowest BCUT2D eigenvalue weighted by atomic mass is 10.1. The molecule has 132 valence electrons. The van der Waals surface area contributed by atoms with Gasteiger partial charge in [-0.1, -0.05) is 30.3 Å². The minimum Gasteiger partial charge on any atom is -0.356 e. The molecule has 0 atom stereocenters. The number of hydrogen-bond donors (Lipinski definition) is 0. The molecule has 0 amide bonds. The Morgan fingerprint density at radius 1 is 0.808 bits per heavy atom. The Kier molecular flexibility index (Phi) is 5.00. The molecule has 0 unspecified atom stereocenters. The van der Waals surface area contributed by atoms with E-state index in [0.29, 0.717) is 5.69 Å². The van der Waals surface area contributed by atoms with Gasteiger partial charge in [0, 0.05) is 24.8 Å². The standard InChI is InChI=1S/C19H17Cl2N5/c20-18-22-12-14(17(25-18)26-9-5-2-6-10-26)16-11-15(23-19(21)24-16)13-7-3-1-4-8-13/h1,3-4,7-8,11-12H,2,5-6,9-10H2. The normalized spacial score (nSPS) is 14.5. The fourth-order valence-corrected chi connectivity index (χ4v) is 3.50. The highest BCUT2D eigenvalue weighted by molar-refractivity contribution is 6.28. The zero-order valence-electron chi connectivity index (χ0n) is 14.1. The molecule has 1 aromatic carbocycles. The van der Waals surface area contributed by atoms with Crippen molar-refractivity contribution in [1.82, 2.24) is 19.9 Å². The third-order valence-electron chi connectivity index (χ3n) is 4.44. The van der Waals surface area contributed by atoms with Crippen molar-refractivity contribution < 1.29 is 0 Å². The zero-order chi connectivity index (χ0) is 17.9. The van der Waals surface area contributed by atoms with E-state index in [2.05, 4.69) is 24.8 Å². The predicted molar refractivity (Wildman–Crippen MR) is 105 cm³/mol. The number of aromatic nitrogens is 4. The van der Waals surface area contributed by atoms with Crippen LogP contribution in [0.4, 0.5) is 5.82 Å². The van der Waals surface area contributed by atoms with E-state index in [9.17, 15) is 0 Å². The lowest BCUT2D eigenvalue weighted by molar-refractivity contribution is 0.573. The fourth-order valence-electron chi connectivity index (χ4n) is 3.19. The maximum Gasteiger partial charge on any atom is 0.224 e. The molecule has 0 spiro atoms. The van der Waals surface area contributed by atoms with Gasteiger partial charge < -0.3 is 4.90 Å². The van der Waals surface area contributed by atoms with Gasteiger partial charge in [-0.3, -0.25) is 0 Å². The van der Waals surface area contributed by atoms with E-state index in [1.807, 2.05) is 36.4 Å². The molecule has 0 saturated carbocycles. The SMILES string of the molecule is Clc1nc(-c2ccccc2)cc(-c2cnc(Cl)nc2N2CCCCC2)n1. The van der Waals surface area contributed by atoms with Gasteiger partial charge in [0.25, 0.3) is 0 Å². The van der Waals surface area contributed by atoms with E-state index < -0.39 is 0 Å². The Labute approximate surface area is 162 Å². The Morgan fingerprint density at radius 3 is 2.31 bits per heavy atom. The number of hydrogen-bond acceptors (Lipinski definition) is 5. The smallest absolute Gasteiger partial charge is 0.224 e. The molecule has 0 radical (unpaired) electrons. The zero-order valence-corrected chi connectivity index (χ0v) is 15.6. The second-order valence-electron chi connectivity index (χ2n) is 6.20. The van der Waals surface area contributed by atoms with Crippen molar-refractivity contribution in [3.8, 4) is 22.5 Å². The molecule has 2 aromatic heterocycles. The van der Waals surface area contributed by atoms with Gasteiger partial charge in [0.2, 0.25) is 10.6 Å². The minimum atomic E-state index is 0.195. The molecule has 1 saturated heterocycles. The van der Waals surface area contributed by atoms with Crippen LogP contribution in [0.25, 0.3) is 22.5 Å². The number of nitrogens with zero attached hydrogens (tertiary/aromatic N) is 5. The largest absolute Gasteiger partial charge is 0.356 e. The summed E-state index contributed by atoms with van der Waals surface area (Å²) in [4.78, 5) is 19.7. The van der Waals surface area contributed by atoms with Crippen molar-refractivity contribution >= 4 is 29.0 Å². The summed E-state index contributed by atoms with van der Waals surface area (Å²) in [6.07, 6.45) is 5.23. The second-order valence-corrected chi connectivity index (χ2v) is 6.87. The number of anilines is 1. The van der Waals surface area contributed by atoms with Gasteiger partial charge in [0.1, 0.15) is 5.82 Å². The third kappa shape index (κ3) is 3.64. The Balaban J connectivity index is 1.81. The predicted octanol–water partition coefficient (Wildman–Crippen LogP) is 4.90. The quantitative estimate of drug-likeness (QED) is 0.600. The topological polar surface area (TPSA) is 54.8 Å². The molecule has 0 N–H and O–H groups in total. The summed E-state index contributed by atoms with van der Waals surface area (Å²) in [6.45, 7) is 1.90. The van der Waals surface area contributed by atoms with Crippen molar-refractivity contribution in [2.24, 2.45) is 0 Å². The molecular formula is C19H17Cl2N5. The molecule has 4 rings (SSSR count). The molecule has 26 heavy (non-hydrogen) atoms.